The van der Waals surface area contributed by atoms with Crippen molar-refractivity contribution in [1.29, 1.82) is 5.26 Å². The smallest absolute Gasteiger partial charge is 0.244 e. The lowest BCUT2D eigenvalue weighted by Crippen LogP contribution is -2.24. The number of hydrogen-bond donors (Lipinski definition) is 1. The molecular weight excluding hydrogens is 368 g/mol. The fourth-order valence-corrected chi connectivity index (χ4v) is 2.76. The van der Waals surface area contributed by atoms with Crippen LogP contribution in [0.25, 0.3) is 6.08 Å². The maximum absolute atomic E-state index is 12.0. The molecule has 4 nitrogen and oxygen atoms in total. The molecule has 1 N–H and O–H groups in total. The quantitative estimate of drug-likeness (QED) is 0.757. The van der Waals surface area contributed by atoms with Gasteiger partial charge in [0, 0.05) is 10.5 Å². The van der Waals surface area contributed by atoms with Gasteiger partial charge in [0.25, 0.3) is 0 Å². The van der Waals surface area contributed by atoms with Gasteiger partial charge in [0.15, 0.2) is 6.61 Å². The van der Waals surface area contributed by atoms with Gasteiger partial charge in [0.05, 0.1) is 6.04 Å². The Hall–Kier alpha value is -2.58. The number of amides is 1. The zero-order chi connectivity index (χ0) is 17.4. The summed E-state index contributed by atoms with van der Waals surface area (Å²) in [6.07, 6.45) is 3.23. The molecule has 0 spiro atoms. The van der Waals surface area contributed by atoms with Crippen LogP contribution in [0.4, 0.5) is 0 Å². The Labute approximate surface area is 149 Å². The highest BCUT2D eigenvalue weighted by molar-refractivity contribution is 9.10. The van der Waals surface area contributed by atoms with E-state index in [9.17, 15) is 4.79 Å². The summed E-state index contributed by atoms with van der Waals surface area (Å²) in [6.45, 7) is 1.96. The van der Waals surface area contributed by atoms with E-state index < -0.39 is 0 Å². The summed E-state index contributed by atoms with van der Waals surface area (Å²) in [5.41, 5.74) is 1.90. The first-order chi connectivity index (χ1) is 11.6. The van der Waals surface area contributed by atoms with Crippen LogP contribution in [0.15, 0.2) is 59.1 Å². The van der Waals surface area contributed by atoms with E-state index in [2.05, 4.69) is 21.2 Å². The lowest BCUT2D eigenvalue weighted by molar-refractivity contribution is -0.117. The molecule has 0 aliphatic rings. The van der Waals surface area contributed by atoms with Crippen LogP contribution >= 0.6 is 15.9 Å². The maximum atomic E-state index is 12.0. The van der Waals surface area contributed by atoms with Crippen molar-refractivity contribution in [2.24, 2.45) is 0 Å². The molecule has 5 heteroatoms. The summed E-state index contributed by atoms with van der Waals surface area (Å²) in [4.78, 5) is 12.0. The standard InChI is InChI=1S/C19H17BrN2O2/c1-14(17-4-2-3-5-18(17)20)22-19(23)11-8-15-6-9-16(10-7-15)24-13-12-21/h2-11,14H,13H2,1H3,(H,22,23)/b11-8+. The third kappa shape index (κ3) is 5.25. The minimum Gasteiger partial charge on any atom is -0.479 e. The highest BCUT2D eigenvalue weighted by Gasteiger charge is 2.10. The van der Waals surface area contributed by atoms with Crippen LogP contribution in [0.3, 0.4) is 0 Å². The number of carbonyl (C=O) groups is 1. The van der Waals surface area contributed by atoms with Crippen molar-refractivity contribution in [2.75, 3.05) is 6.61 Å². The van der Waals surface area contributed by atoms with Gasteiger partial charge in [-0.2, -0.15) is 5.26 Å². The average Bonchev–Trinajstić information content (AvgIpc) is 2.59. The number of nitrogens with zero attached hydrogens (tertiary/aromatic N) is 1. The number of ether oxygens (including phenoxy) is 1. The Morgan fingerprint density at radius 1 is 1.29 bits per heavy atom. The monoisotopic (exact) mass is 384 g/mol. The van der Waals surface area contributed by atoms with Crippen molar-refractivity contribution in [3.8, 4) is 11.8 Å². The van der Waals surface area contributed by atoms with Crippen LogP contribution < -0.4 is 10.1 Å². The SMILES string of the molecule is CC(NC(=O)/C=C/c1ccc(OCC#N)cc1)c1ccccc1Br. The topological polar surface area (TPSA) is 62.1 Å². The van der Waals surface area contributed by atoms with E-state index in [4.69, 9.17) is 10.00 Å². The first-order valence-corrected chi connectivity index (χ1v) is 8.22. The fourth-order valence-electron chi connectivity index (χ4n) is 2.13. The van der Waals surface area contributed by atoms with Crippen molar-refractivity contribution in [3.05, 3.63) is 70.2 Å². The molecule has 0 bridgehead atoms. The molecule has 0 aliphatic heterocycles. The third-order valence-corrected chi connectivity index (χ3v) is 4.06. The maximum Gasteiger partial charge on any atom is 0.244 e. The average molecular weight is 385 g/mol. The molecule has 2 aromatic rings. The normalized spacial score (nSPS) is 11.7. The number of benzene rings is 2. The molecule has 122 valence electrons. The van der Waals surface area contributed by atoms with Crippen LogP contribution in [0.1, 0.15) is 24.1 Å². The van der Waals surface area contributed by atoms with Crippen molar-refractivity contribution < 1.29 is 9.53 Å². The molecule has 1 atom stereocenters. The first-order valence-electron chi connectivity index (χ1n) is 7.43. The Bertz CT molecular complexity index is 764. The Morgan fingerprint density at radius 3 is 2.67 bits per heavy atom. The number of halogens is 1. The van der Waals surface area contributed by atoms with Crippen molar-refractivity contribution >= 4 is 27.9 Å². The molecule has 0 saturated heterocycles. The van der Waals surface area contributed by atoms with Gasteiger partial charge in [-0.25, -0.2) is 0 Å². The summed E-state index contributed by atoms with van der Waals surface area (Å²) in [7, 11) is 0. The molecule has 24 heavy (non-hydrogen) atoms. The van der Waals surface area contributed by atoms with Crippen LogP contribution in [-0.2, 0) is 4.79 Å². The lowest BCUT2D eigenvalue weighted by Gasteiger charge is -2.14. The van der Waals surface area contributed by atoms with E-state index >= 15 is 0 Å². The Morgan fingerprint density at radius 2 is 2.00 bits per heavy atom. The molecule has 0 saturated carbocycles. The molecule has 0 radical (unpaired) electrons. The molecule has 0 aromatic heterocycles. The second-order valence-corrected chi connectivity index (χ2v) is 5.96. The van der Waals surface area contributed by atoms with Crippen molar-refractivity contribution in [3.63, 3.8) is 0 Å². The zero-order valence-electron chi connectivity index (χ0n) is 13.2. The molecule has 0 fully saturated rings. The number of carbonyl (C=O) groups excluding carboxylic acids is 1. The van der Waals surface area contributed by atoms with Crippen LogP contribution in [-0.4, -0.2) is 12.5 Å². The summed E-state index contributed by atoms with van der Waals surface area (Å²) in [5, 5.41) is 11.4. The predicted molar refractivity (Wildman–Crippen MR) is 97.3 cm³/mol. The van der Waals surface area contributed by atoms with E-state index in [1.54, 1.807) is 18.2 Å². The second kappa shape index (κ2) is 8.90. The van der Waals surface area contributed by atoms with Gasteiger partial charge >= 0.3 is 0 Å². The highest BCUT2D eigenvalue weighted by Crippen LogP contribution is 2.22. The third-order valence-electron chi connectivity index (χ3n) is 3.34. The van der Waals surface area contributed by atoms with E-state index in [0.29, 0.717) is 5.75 Å². The van der Waals surface area contributed by atoms with Gasteiger partial charge in [-0.1, -0.05) is 46.3 Å². The molecule has 0 aliphatic carbocycles. The van der Waals surface area contributed by atoms with Gasteiger partial charge < -0.3 is 10.1 Å². The van der Waals surface area contributed by atoms with Gasteiger partial charge in [0.2, 0.25) is 5.91 Å². The van der Waals surface area contributed by atoms with E-state index in [0.717, 1.165) is 15.6 Å². The van der Waals surface area contributed by atoms with E-state index in [1.807, 2.05) is 49.4 Å². The molecule has 2 aromatic carbocycles. The van der Waals surface area contributed by atoms with Crippen LogP contribution in [0.2, 0.25) is 0 Å². The Balaban J connectivity index is 1.93. The number of hydrogen-bond acceptors (Lipinski definition) is 3. The largest absolute Gasteiger partial charge is 0.479 e. The molecule has 0 heterocycles. The van der Waals surface area contributed by atoms with Crippen molar-refractivity contribution in [2.45, 2.75) is 13.0 Å². The minimum absolute atomic E-state index is 0.0184. The van der Waals surface area contributed by atoms with E-state index in [-0.39, 0.29) is 18.6 Å². The molecule has 2 rings (SSSR count). The number of nitriles is 1. The lowest BCUT2D eigenvalue weighted by atomic mass is 10.1. The fraction of sp³-hybridized carbons (Fsp3) is 0.158. The van der Waals surface area contributed by atoms with Gasteiger partial charge in [-0.15, -0.1) is 0 Å². The van der Waals surface area contributed by atoms with Gasteiger partial charge in [-0.3, -0.25) is 4.79 Å². The summed E-state index contributed by atoms with van der Waals surface area (Å²) >= 11 is 3.49. The molecule has 1 amide bonds. The number of nitrogens with one attached hydrogen (secondary N) is 1. The summed E-state index contributed by atoms with van der Waals surface area (Å²) in [5.74, 6) is 0.462. The first kappa shape index (κ1) is 17.8. The van der Waals surface area contributed by atoms with Gasteiger partial charge in [0.1, 0.15) is 11.8 Å². The number of rotatable bonds is 6. The molecule has 1 unspecified atom stereocenters. The van der Waals surface area contributed by atoms with Crippen molar-refractivity contribution in [1.82, 2.24) is 5.32 Å². The highest BCUT2D eigenvalue weighted by atomic mass is 79.9. The molecular formula is C19H17BrN2O2. The predicted octanol–water partition coefficient (Wildman–Crippen LogP) is 4.24. The van der Waals surface area contributed by atoms with E-state index in [1.165, 1.54) is 6.08 Å². The Kier molecular flexibility index (Phi) is 6.59. The zero-order valence-corrected chi connectivity index (χ0v) is 14.8. The minimum atomic E-state index is -0.164. The van der Waals surface area contributed by atoms with Crippen LogP contribution in [0.5, 0.6) is 5.75 Å². The van der Waals surface area contributed by atoms with Crippen LogP contribution in [0, 0.1) is 11.3 Å². The van der Waals surface area contributed by atoms with Gasteiger partial charge in [-0.05, 0) is 42.3 Å². The summed E-state index contributed by atoms with van der Waals surface area (Å²) < 4.78 is 6.15. The second-order valence-electron chi connectivity index (χ2n) is 5.10. The summed E-state index contributed by atoms with van der Waals surface area (Å²) in [6, 6.07) is 16.8.